The quantitative estimate of drug-likeness (QED) is 0.329. The van der Waals surface area contributed by atoms with E-state index in [1.54, 1.807) is 0 Å². The van der Waals surface area contributed by atoms with E-state index in [0.29, 0.717) is 0 Å². The standard InChI is InChI=1S/2CH3.ClH.Ti/h2*1H3;1H;/q2*-1;;+2. The molecule has 0 nitrogen and oxygen atoms in total. The molecule has 0 radical (unpaired) electrons. The molecule has 0 fully saturated rings. The summed E-state index contributed by atoms with van der Waals surface area (Å²) in [6.07, 6.45) is 0. The van der Waals surface area contributed by atoms with Gasteiger partial charge in [-0.25, -0.2) is 0 Å². The van der Waals surface area contributed by atoms with Gasteiger partial charge < -0.3 is 14.9 Å². The molecule has 0 saturated carbocycles. The van der Waals surface area contributed by atoms with E-state index in [2.05, 4.69) is 0 Å². The molecule has 0 spiro atoms. The Morgan fingerprint density at radius 3 is 0.750 bits per heavy atom. The molecule has 0 amide bonds. The van der Waals surface area contributed by atoms with Crippen molar-refractivity contribution in [2.45, 2.75) is 0 Å². The molecule has 0 aliphatic heterocycles. The summed E-state index contributed by atoms with van der Waals surface area (Å²) in [5.41, 5.74) is 0. The van der Waals surface area contributed by atoms with E-state index < -0.39 is 0 Å². The van der Waals surface area contributed by atoms with Crippen LogP contribution in [0.5, 0.6) is 0 Å². The predicted molar refractivity (Wildman–Crippen MR) is 20.1 cm³/mol. The van der Waals surface area contributed by atoms with E-state index in [-0.39, 0.29) is 49.0 Å². The molecule has 26 valence electrons. The van der Waals surface area contributed by atoms with Crippen LogP contribution in [0.3, 0.4) is 0 Å². The van der Waals surface area contributed by atoms with E-state index in [1.807, 2.05) is 0 Å². The Kier molecular flexibility index (Phi) is 713. The first-order chi connectivity index (χ1) is 0. The number of halogens is 1. The third-order valence-corrected chi connectivity index (χ3v) is 0. The summed E-state index contributed by atoms with van der Waals surface area (Å²) in [4.78, 5) is 0. The molecular formula is C2H7ClTi. The van der Waals surface area contributed by atoms with Crippen LogP contribution in [0.25, 0.3) is 0 Å². The zero-order valence-corrected chi connectivity index (χ0v) is 5.29. The molecule has 0 aromatic carbocycles. The van der Waals surface area contributed by atoms with Crippen LogP contribution in [0.1, 0.15) is 0 Å². The Bertz CT molecular complexity index is 6.00. The van der Waals surface area contributed by atoms with Crippen molar-refractivity contribution in [3.63, 3.8) is 0 Å². The normalized spacial score (nSPS) is 0. The fourth-order valence-corrected chi connectivity index (χ4v) is 0. The molecule has 0 aromatic heterocycles. The summed E-state index contributed by atoms with van der Waals surface area (Å²) in [6, 6.07) is 0. The molecule has 0 aliphatic rings. The molecule has 0 bridgehead atoms. The molecule has 2 heteroatoms. The van der Waals surface area contributed by atoms with E-state index in [4.69, 9.17) is 0 Å². The van der Waals surface area contributed by atoms with E-state index in [9.17, 15) is 0 Å². The topological polar surface area (TPSA) is 0 Å². The van der Waals surface area contributed by atoms with Gasteiger partial charge in [0.1, 0.15) is 0 Å². The summed E-state index contributed by atoms with van der Waals surface area (Å²) >= 11 is 0. The largest absolute Gasteiger partial charge is 2.00 e. The van der Waals surface area contributed by atoms with Gasteiger partial charge in [0.25, 0.3) is 0 Å². The third kappa shape index (κ3) is 12.0. The van der Waals surface area contributed by atoms with Crippen LogP contribution in [0.15, 0.2) is 0 Å². The average molecular weight is 114 g/mol. The van der Waals surface area contributed by atoms with Crippen LogP contribution >= 0.6 is 12.4 Å². The van der Waals surface area contributed by atoms with Gasteiger partial charge in [-0.05, 0) is 0 Å². The maximum absolute atomic E-state index is 0. The first-order valence-corrected chi connectivity index (χ1v) is 0. The van der Waals surface area contributed by atoms with Crippen LogP contribution in [0.4, 0.5) is 0 Å². The molecule has 0 saturated heterocycles. The molecule has 4 heavy (non-hydrogen) atoms. The van der Waals surface area contributed by atoms with Crippen LogP contribution in [0, 0.1) is 14.9 Å². The fourth-order valence-electron chi connectivity index (χ4n) is 0. The maximum atomic E-state index is 0. The minimum absolute atomic E-state index is 0. The van der Waals surface area contributed by atoms with Gasteiger partial charge in [-0.2, -0.15) is 0 Å². The average Bonchev–Trinajstić information content (AvgIpc) is 0. The number of hydrogen-bond acceptors (Lipinski definition) is 0. The maximum Gasteiger partial charge on any atom is 2.00 e. The SMILES string of the molecule is Cl.[CH3-].[CH3-].[Ti+2]. The molecule has 0 atom stereocenters. The van der Waals surface area contributed by atoms with Crippen molar-refractivity contribution in [2.75, 3.05) is 0 Å². The van der Waals surface area contributed by atoms with Gasteiger partial charge in [0.15, 0.2) is 0 Å². The molecule has 0 aliphatic carbocycles. The van der Waals surface area contributed by atoms with Crippen molar-refractivity contribution in [3.05, 3.63) is 14.9 Å². The Balaban J connectivity index is 0. The molecule has 0 unspecified atom stereocenters. The summed E-state index contributed by atoms with van der Waals surface area (Å²) in [6.45, 7) is 0. The van der Waals surface area contributed by atoms with Crippen molar-refractivity contribution >= 4 is 12.4 Å². The van der Waals surface area contributed by atoms with Gasteiger partial charge in [0.05, 0.1) is 0 Å². The van der Waals surface area contributed by atoms with Gasteiger partial charge >= 0.3 is 21.7 Å². The molecular weight excluding hydrogens is 107 g/mol. The second-order valence-electron chi connectivity index (χ2n) is 0. The summed E-state index contributed by atoms with van der Waals surface area (Å²) in [5, 5.41) is 0. The Labute approximate surface area is 49.3 Å². The van der Waals surface area contributed by atoms with Crippen molar-refractivity contribution in [1.29, 1.82) is 0 Å². The number of rotatable bonds is 0. The molecule has 0 aromatic rings. The van der Waals surface area contributed by atoms with Gasteiger partial charge in [0, 0.05) is 0 Å². The van der Waals surface area contributed by atoms with Crippen molar-refractivity contribution < 1.29 is 21.7 Å². The fraction of sp³-hybridized carbons (Fsp3) is 0. The molecule has 0 rings (SSSR count). The third-order valence-electron chi connectivity index (χ3n) is 0. The Morgan fingerprint density at radius 1 is 0.750 bits per heavy atom. The van der Waals surface area contributed by atoms with Crippen LogP contribution in [-0.2, 0) is 21.7 Å². The first-order valence-electron chi connectivity index (χ1n) is 0. The minimum Gasteiger partial charge on any atom is -0.358 e. The summed E-state index contributed by atoms with van der Waals surface area (Å²) in [5.74, 6) is 0. The predicted octanol–water partition coefficient (Wildman–Crippen LogP) is 1.32. The van der Waals surface area contributed by atoms with Crippen LogP contribution < -0.4 is 0 Å². The summed E-state index contributed by atoms with van der Waals surface area (Å²) in [7, 11) is 0. The second kappa shape index (κ2) is 35.8. The second-order valence-corrected chi connectivity index (χ2v) is 0. The van der Waals surface area contributed by atoms with Crippen molar-refractivity contribution in [1.82, 2.24) is 0 Å². The molecule has 0 N–H and O–H groups in total. The zero-order valence-electron chi connectivity index (χ0n) is 2.91. The Hall–Kier alpha value is 1.00. The van der Waals surface area contributed by atoms with Gasteiger partial charge in [-0.3, -0.25) is 0 Å². The van der Waals surface area contributed by atoms with E-state index >= 15 is 0 Å². The van der Waals surface area contributed by atoms with Gasteiger partial charge in [-0.15, -0.1) is 12.4 Å². The Morgan fingerprint density at radius 2 is 0.750 bits per heavy atom. The van der Waals surface area contributed by atoms with Gasteiger partial charge in [0.2, 0.25) is 0 Å². The van der Waals surface area contributed by atoms with Crippen molar-refractivity contribution in [2.24, 2.45) is 0 Å². The van der Waals surface area contributed by atoms with Crippen LogP contribution in [-0.4, -0.2) is 0 Å². The van der Waals surface area contributed by atoms with Crippen LogP contribution in [0.2, 0.25) is 0 Å². The van der Waals surface area contributed by atoms with Gasteiger partial charge in [-0.1, -0.05) is 0 Å². The van der Waals surface area contributed by atoms with E-state index in [1.165, 1.54) is 0 Å². The first kappa shape index (κ1) is 79.6. The van der Waals surface area contributed by atoms with E-state index in [0.717, 1.165) is 0 Å². The number of hydrogen-bond donors (Lipinski definition) is 0. The molecule has 0 heterocycles. The minimum atomic E-state index is 0. The zero-order chi connectivity index (χ0) is 0. The smallest absolute Gasteiger partial charge is 0.358 e. The monoisotopic (exact) mass is 114 g/mol. The van der Waals surface area contributed by atoms with Crippen molar-refractivity contribution in [3.8, 4) is 0 Å². The summed E-state index contributed by atoms with van der Waals surface area (Å²) < 4.78 is 0.